The van der Waals surface area contributed by atoms with Crippen LogP contribution >= 0.6 is 0 Å². The summed E-state index contributed by atoms with van der Waals surface area (Å²) in [6.45, 7) is 10.5. The zero-order valence-corrected chi connectivity index (χ0v) is 10.9. The maximum absolute atomic E-state index is 4.75. The molecule has 0 aromatic carbocycles. The van der Waals surface area contributed by atoms with Crippen LogP contribution in [0.5, 0.6) is 0 Å². The molecule has 2 heteroatoms. The van der Waals surface area contributed by atoms with Gasteiger partial charge in [0.05, 0.1) is 5.69 Å². The summed E-state index contributed by atoms with van der Waals surface area (Å²) in [6, 6.07) is 0. The van der Waals surface area contributed by atoms with Crippen molar-refractivity contribution < 1.29 is 0 Å². The lowest BCUT2D eigenvalue weighted by Gasteiger charge is -2.02. The molecule has 1 aromatic heterocycles. The summed E-state index contributed by atoms with van der Waals surface area (Å²) in [5, 5.41) is 0. The largest absolute Gasteiger partial charge is 0.308 e. The van der Waals surface area contributed by atoms with Crippen molar-refractivity contribution in [3.8, 4) is 0 Å². The monoisotopic (exact) mass is 220 g/mol. The summed E-state index contributed by atoms with van der Waals surface area (Å²) in [6.07, 6.45) is 8.93. The Morgan fingerprint density at radius 2 is 1.81 bits per heavy atom. The number of aryl methyl sites for hydroxylation is 2. The highest BCUT2D eigenvalue weighted by Crippen LogP contribution is 2.15. The molecule has 0 bridgehead atoms. The van der Waals surface area contributed by atoms with Crippen LogP contribution in [0.15, 0.2) is 6.58 Å². The molecule has 2 nitrogen and oxygen atoms in total. The van der Waals surface area contributed by atoms with Crippen LogP contribution in [-0.4, -0.2) is 9.55 Å². The highest BCUT2D eigenvalue weighted by Gasteiger charge is 2.10. The summed E-state index contributed by atoms with van der Waals surface area (Å²) < 4.78 is 2.15. The Morgan fingerprint density at radius 1 is 1.19 bits per heavy atom. The normalized spacial score (nSPS) is 10.7. The third kappa shape index (κ3) is 2.97. The average molecular weight is 220 g/mol. The van der Waals surface area contributed by atoms with Gasteiger partial charge in [-0.15, -0.1) is 0 Å². The molecule has 0 atom stereocenters. The van der Waals surface area contributed by atoms with Crippen LogP contribution in [0, 0.1) is 6.92 Å². The Kier molecular flexibility index (Phi) is 5.30. The Bertz CT molecular complexity index is 337. The second kappa shape index (κ2) is 6.51. The Morgan fingerprint density at radius 3 is 2.38 bits per heavy atom. The van der Waals surface area contributed by atoms with Crippen molar-refractivity contribution in [2.45, 2.75) is 59.3 Å². The second-order valence-electron chi connectivity index (χ2n) is 4.32. The maximum atomic E-state index is 4.75. The van der Waals surface area contributed by atoms with Gasteiger partial charge in [0, 0.05) is 18.3 Å². The summed E-state index contributed by atoms with van der Waals surface area (Å²) >= 11 is 0. The molecular weight excluding hydrogens is 196 g/mol. The standard InChI is InChI=1S/C14H24N2/c1-5-8-10-13-12(4)16(7-3)14(15-13)11-9-6-2/h7H,3,5-6,8-11H2,1-2,4H3. The van der Waals surface area contributed by atoms with E-state index >= 15 is 0 Å². The fourth-order valence-electron chi connectivity index (χ4n) is 1.96. The van der Waals surface area contributed by atoms with E-state index in [9.17, 15) is 0 Å². The predicted octanol–water partition coefficient (Wildman–Crippen LogP) is 3.98. The van der Waals surface area contributed by atoms with Crippen LogP contribution in [0.25, 0.3) is 6.20 Å². The SMILES string of the molecule is C=Cn1c(CCCC)nc(CCCC)c1C. The van der Waals surface area contributed by atoms with Crippen LogP contribution in [0.3, 0.4) is 0 Å². The van der Waals surface area contributed by atoms with Gasteiger partial charge in [-0.3, -0.25) is 0 Å². The topological polar surface area (TPSA) is 17.8 Å². The highest BCUT2D eigenvalue weighted by molar-refractivity contribution is 5.29. The van der Waals surface area contributed by atoms with Gasteiger partial charge in [-0.2, -0.15) is 0 Å². The van der Waals surface area contributed by atoms with Gasteiger partial charge in [0.25, 0.3) is 0 Å². The number of nitrogens with zero attached hydrogens (tertiary/aromatic N) is 2. The summed E-state index contributed by atoms with van der Waals surface area (Å²) in [5.74, 6) is 1.18. The number of imidazole rings is 1. The number of hydrogen-bond acceptors (Lipinski definition) is 1. The molecule has 0 aliphatic rings. The first-order valence-corrected chi connectivity index (χ1v) is 6.43. The Labute approximate surface area is 99.4 Å². The van der Waals surface area contributed by atoms with Crippen molar-refractivity contribution in [1.29, 1.82) is 0 Å². The molecule has 0 spiro atoms. The molecule has 0 saturated carbocycles. The molecule has 16 heavy (non-hydrogen) atoms. The van der Waals surface area contributed by atoms with Crippen molar-refractivity contribution in [2.24, 2.45) is 0 Å². The maximum Gasteiger partial charge on any atom is 0.113 e. The van der Waals surface area contributed by atoms with Gasteiger partial charge in [-0.1, -0.05) is 33.3 Å². The number of hydrogen-bond donors (Lipinski definition) is 0. The van der Waals surface area contributed by atoms with E-state index in [1.165, 1.54) is 42.9 Å². The first-order valence-electron chi connectivity index (χ1n) is 6.43. The summed E-state index contributed by atoms with van der Waals surface area (Å²) in [5.41, 5.74) is 2.53. The minimum absolute atomic E-state index is 1.06. The van der Waals surface area contributed by atoms with E-state index in [2.05, 4.69) is 31.9 Å². The lowest BCUT2D eigenvalue weighted by Crippen LogP contribution is -1.97. The van der Waals surface area contributed by atoms with E-state index < -0.39 is 0 Å². The molecule has 1 heterocycles. The van der Waals surface area contributed by atoms with Crippen molar-refractivity contribution >= 4 is 6.20 Å². The molecule has 0 unspecified atom stereocenters. The quantitative estimate of drug-likeness (QED) is 0.679. The smallest absolute Gasteiger partial charge is 0.113 e. The van der Waals surface area contributed by atoms with E-state index in [4.69, 9.17) is 4.98 Å². The first kappa shape index (κ1) is 13.0. The number of rotatable bonds is 7. The highest BCUT2D eigenvalue weighted by atomic mass is 15.1. The van der Waals surface area contributed by atoms with Crippen molar-refractivity contribution in [2.75, 3.05) is 0 Å². The lowest BCUT2D eigenvalue weighted by atomic mass is 10.2. The van der Waals surface area contributed by atoms with Crippen LogP contribution in [-0.2, 0) is 12.8 Å². The van der Waals surface area contributed by atoms with Gasteiger partial charge in [-0.05, 0) is 26.2 Å². The third-order valence-electron chi connectivity index (χ3n) is 3.02. The van der Waals surface area contributed by atoms with Crippen LogP contribution in [0.4, 0.5) is 0 Å². The fourth-order valence-corrected chi connectivity index (χ4v) is 1.96. The zero-order valence-electron chi connectivity index (χ0n) is 10.9. The van der Waals surface area contributed by atoms with Gasteiger partial charge in [-0.25, -0.2) is 4.98 Å². The zero-order chi connectivity index (χ0) is 12.0. The number of unbranched alkanes of at least 4 members (excludes halogenated alkanes) is 2. The fraction of sp³-hybridized carbons (Fsp3) is 0.643. The Hall–Kier alpha value is -1.05. The lowest BCUT2D eigenvalue weighted by molar-refractivity contribution is 0.739. The summed E-state index contributed by atoms with van der Waals surface area (Å²) in [4.78, 5) is 4.75. The van der Waals surface area contributed by atoms with Gasteiger partial charge in [0.1, 0.15) is 5.82 Å². The first-order chi connectivity index (χ1) is 7.74. The van der Waals surface area contributed by atoms with Gasteiger partial charge < -0.3 is 4.57 Å². The van der Waals surface area contributed by atoms with Crippen LogP contribution in [0.2, 0.25) is 0 Å². The molecule has 0 aliphatic carbocycles. The van der Waals surface area contributed by atoms with Crippen molar-refractivity contribution in [3.63, 3.8) is 0 Å². The predicted molar refractivity (Wildman–Crippen MR) is 70.6 cm³/mol. The molecule has 90 valence electrons. The van der Waals surface area contributed by atoms with Gasteiger partial charge >= 0.3 is 0 Å². The number of aromatic nitrogens is 2. The third-order valence-corrected chi connectivity index (χ3v) is 3.02. The molecule has 0 N–H and O–H groups in total. The second-order valence-corrected chi connectivity index (χ2v) is 4.32. The Balaban J connectivity index is 2.86. The van der Waals surface area contributed by atoms with Crippen LogP contribution in [0.1, 0.15) is 56.7 Å². The molecule has 0 amide bonds. The van der Waals surface area contributed by atoms with E-state index in [0.29, 0.717) is 0 Å². The minimum Gasteiger partial charge on any atom is -0.308 e. The minimum atomic E-state index is 1.06. The molecule has 0 saturated heterocycles. The van der Waals surface area contributed by atoms with Gasteiger partial charge in [0.2, 0.25) is 0 Å². The summed E-state index contributed by atoms with van der Waals surface area (Å²) in [7, 11) is 0. The van der Waals surface area contributed by atoms with Crippen molar-refractivity contribution in [1.82, 2.24) is 9.55 Å². The average Bonchev–Trinajstić information content (AvgIpc) is 2.60. The molecule has 1 rings (SSSR count). The molecular formula is C14H24N2. The van der Waals surface area contributed by atoms with E-state index in [-0.39, 0.29) is 0 Å². The molecule has 0 fully saturated rings. The van der Waals surface area contributed by atoms with E-state index in [0.717, 1.165) is 12.8 Å². The van der Waals surface area contributed by atoms with Crippen LogP contribution < -0.4 is 0 Å². The van der Waals surface area contributed by atoms with Gasteiger partial charge in [0.15, 0.2) is 0 Å². The van der Waals surface area contributed by atoms with E-state index in [1.54, 1.807) is 0 Å². The molecule has 0 radical (unpaired) electrons. The molecule has 0 aliphatic heterocycles. The molecule has 1 aromatic rings. The van der Waals surface area contributed by atoms with Crippen molar-refractivity contribution in [3.05, 3.63) is 23.8 Å². The van der Waals surface area contributed by atoms with E-state index in [1.807, 2.05) is 6.20 Å².